The van der Waals surface area contributed by atoms with Crippen LogP contribution >= 0.6 is 11.6 Å². The Kier molecular flexibility index (Phi) is 8.39. The van der Waals surface area contributed by atoms with E-state index in [9.17, 15) is 18.0 Å². The lowest BCUT2D eigenvalue weighted by Crippen LogP contribution is -2.32. The van der Waals surface area contributed by atoms with E-state index < -0.39 is 22.7 Å². The van der Waals surface area contributed by atoms with Crippen LogP contribution < -0.4 is 21.3 Å². The first-order chi connectivity index (χ1) is 18.6. The number of alkyl halides is 3. The minimum Gasteiger partial charge on any atom is -0.382 e. The fraction of sp³-hybridized carbons (Fsp3) is 0.259. The fourth-order valence-corrected chi connectivity index (χ4v) is 4.33. The van der Waals surface area contributed by atoms with Crippen molar-refractivity contribution in [3.63, 3.8) is 0 Å². The van der Waals surface area contributed by atoms with Gasteiger partial charge in [0.2, 0.25) is 5.95 Å². The molecule has 8 nitrogen and oxygen atoms in total. The van der Waals surface area contributed by atoms with E-state index in [-0.39, 0.29) is 17.1 Å². The average Bonchev–Trinajstić information content (AvgIpc) is 2.91. The van der Waals surface area contributed by atoms with Gasteiger partial charge >= 0.3 is 6.18 Å². The zero-order valence-electron chi connectivity index (χ0n) is 21.1. The Bertz CT molecular complexity index is 1420. The molecule has 204 valence electrons. The van der Waals surface area contributed by atoms with Gasteiger partial charge in [0.1, 0.15) is 5.69 Å². The molecule has 0 saturated carbocycles. The molecule has 1 amide bonds. The van der Waals surface area contributed by atoms with Crippen LogP contribution in [0.4, 0.5) is 36.2 Å². The molecule has 0 radical (unpaired) electrons. The standard InChI is InChI=1S/C27H27ClF3N7O/c1-3-33-22-15-34-26(38-11-5-4-6-12-38)37-23(22)24(32)36-21-13-17(8-7-16(21)2)25(39)35-18-9-10-20(28)19(14-18)27(29,30)31/h3,7-10,13-15,33H,1,4-6,11-12H2,2H3,(H2,32,36)(H,35,39). The van der Waals surface area contributed by atoms with Gasteiger partial charge in [-0.2, -0.15) is 13.2 Å². The van der Waals surface area contributed by atoms with Gasteiger partial charge in [0.15, 0.2) is 5.84 Å². The number of hydrogen-bond acceptors (Lipinski definition) is 6. The topological polar surface area (TPSA) is 109 Å². The van der Waals surface area contributed by atoms with Crippen molar-refractivity contribution in [1.82, 2.24) is 9.97 Å². The van der Waals surface area contributed by atoms with Gasteiger partial charge < -0.3 is 21.3 Å². The van der Waals surface area contributed by atoms with Crippen molar-refractivity contribution in [2.24, 2.45) is 10.7 Å². The first-order valence-electron chi connectivity index (χ1n) is 12.2. The number of carbonyl (C=O) groups is 1. The van der Waals surface area contributed by atoms with Crippen LogP contribution in [-0.2, 0) is 6.18 Å². The molecule has 1 fully saturated rings. The molecule has 2 aromatic carbocycles. The molecule has 1 aliphatic rings. The smallest absolute Gasteiger partial charge is 0.382 e. The number of nitrogens with zero attached hydrogens (tertiary/aromatic N) is 4. The van der Waals surface area contributed by atoms with Crippen LogP contribution in [-0.4, -0.2) is 34.8 Å². The summed E-state index contributed by atoms with van der Waals surface area (Å²) >= 11 is 5.68. The number of hydrogen-bond donors (Lipinski definition) is 3. The zero-order chi connectivity index (χ0) is 28.2. The van der Waals surface area contributed by atoms with E-state index in [0.717, 1.165) is 50.0 Å². The van der Waals surface area contributed by atoms with Crippen LogP contribution in [0.1, 0.15) is 46.4 Å². The third-order valence-electron chi connectivity index (χ3n) is 6.16. The summed E-state index contributed by atoms with van der Waals surface area (Å²) < 4.78 is 39.6. The lowest BCUT2D eigenvalue weighted by atomic mass is 10.1. The van der Waals surface area contributed by atoms with E-state index in [1.807, 2.05) is 0 Å². The monoisotopic (exact) mass is 557 g/mol. The van der Waals surface area contributed by atoms with Crippen molar-refractivity contribution in [3.8, 4) is 0 Å². The molecule has 1 aliphatic heterocycles. The third kappa shape index (κ3) is 6.66. The van der Waals surface area contributed by atoms with Crippen LogP contribution in [0.2, 0.25) is 5.02 Å². The Morgan fingerprint density at radius 3 is 2.62 bits per heavy atom. The number of nitrogens with one attached hydrogen (secondary N) is 2. The molecule has 39 heavy (non-hydrogen) atoms. The molecule has 12 heteroatoms. The number of nitrogens with two attached hydrogens (primary N) is 1. The third-order valence-corrected chi connectivity index (χ3v) is 6.49. The minimum atomic E-state index is -4.66. The molecule has 4 N–H and O–H groups in total. The van der Waals surface area contributed by atoms with Crippen molar-refractivity contribution in [2.45, 2.75) is 32.4 Å². The molecule has 1 aromatic heterocycles. The first-order valence-corrected chi connectivity index (χ1v) is 12.6. The summed E-state index contributed by atoms with van der Waals surface area (Å²) in [7, 11) is 0. The Morgan fingerprint density at radius 2 is 1.92 bits per heavy atom. The van der Waals surface area contributed by atoms with Crippen molar-refractivity contribution >= 4 is 46.4 Å². The number of aryl methyl sites for hydroxylation is 1. The molecule has 0 bridgehead atoms. The second kappa shape index (κ2) is 11.7. The number of halogens is 4. The normalized spacial score (nSPS) is 14.2. The van der Waals surface area contributed by atoms with E-state index in [1.165, 1.54) is 18.3 Å². The highest BCUT2D eigenvalue weighted by molar-refractivity contribution is 6.31. The van der Waals surface area contributed by atoms with E-state index in [4.69, 9.17) is 17.3 Å². The van der Waals surface area contributed by atoms with Crippen LogP contribution in [0.3, 0.4) is 0 Å². The molecule has 4 rings (SSSR count). The van der Waals surface area contributed by atoms with Crippen molar-refractivity contribution in [1.29, 1.82) is 0 Å². The largest absolute Gasteiger partial charge is 0.417 e. The van der Waals surface area contributed by atoms with E-state index >= 15 is 0 Å². The molecule has 0 atom stereocenters. The number of anilines is 3. The zero-order valence-corrected chi connectivity index (χ0v) is 21.9. The predicted octanol–water partition coefficient (Wildman–Crippen LogP) is 6.29. The van der Waals surface area contributed by atoms with Gasteiger partial charge in [-0.15, -0.1) is 0 Å². The molecular formula is C27H27ClF3N7O. The Hall–Kier alpha value is -4.12. The van der Waals surface area contributed by atoms with Crippen LogP contribution in [0.25, 0.3) is 0 Å². The van der Waals surface area contributed by atoms with Gasteiger partial charge in [-0.05, 0) is 68.3 Å². The van der Waals surface area contributed by atoms with E-state index in [0.29, 0.717) is 23.0 Å². The number of amides is 1. The summed E-state index contributed by atoms with van der Waals surface area (Å²) in [5.41, 5.74) is 7.50. The summed E-state index contributed by atoms with van der Waals surface area (Å²) in [6.45, 7) is 7.17. The Balaban J connectivity index is 1.63. The predicted molar refractivity (Wildman–Crippen MR) is 148 cm³/mol. The Morgan fingerprint density at radius 1 is 1.18 bits per heavy atom. The number of piperidine rings is 1. The highest BCUT2D eigenvalue weighted by Crippen LogP contribution is 2.36. The van der Waals surface area contributed by atoms with Crippen molar-refractivity contribution in [3.05, 3.63) is 82.8 Å². The number of carbonyl (C=O) groups excluding carboxylic acids is 1. The fourth-order valence-electron chi connectivity index (χ4n) is 4.11. The highest BCUT2D eigenvalue weighted by Gasteiger charge is 2.33. The quantitative estimate of drug-likeness (QED) is 0.233. The number of amidine groups is 1. The average molecular weight is 558 g/mol. The van der Waals surface area contributed by atoms with Crippen molar-refractivity contribution < 1.29 is 18.0 Å². The second-order valence-corrected chi connectivity index (χ2v) is 9.38. The van der Waals surface area contributed by atoms with Crippen LogP contribution in [0.5, 0.6) is 0 Å². The lowest BCUT2D eigenvalue weighted by molar-refractivity contribution is -0.137. The summed E-state index contributed by atoms with van der Waals surface area (Å²) in [4.78, 5) is 28.6. The molecule has 2 heterocycles. The van der Waals surface area contributed by atoms with Gasteiger partial charge in [-0.3, -0.25) is 4.79 Å². The van der Waals surface area contributed by atoms with Gasteiger partial charge in [-0.1, -0.05) is 24.2 Å². The number of aliphatic imine (C=N–C) groups is 1. The van der Waals surface area contributed by atoms with Gasteiger partial charge in [-0.25, -0.2) is 15.0 Å². The first kappa shape index (κ1) is 27.9. The molecule has 0 unspecified atom stereocenters. The van der Waals surface area contributed by atoms with E-state index in [1.54, 1.807) is 25.3 Å². The maximum Gasteiger partial charge on any atom is 0.417 e. The molecule has 0 spiro atoms. The maximum absolute atomic E-state index is 13.2. The minimum absolute atomic E-state index is 0.0479. The number of aromatic nitrogens is 2. The molecule has 3 aromatic rings. The summed E-state index contributed by atoms with van der Waals surface area (Å²) in [6.07, 6.45) is 1.71. The summed E-state index contributed by atoms with van der Waals surface area (Å²) in [5, 5.41) is 4.99. The molecule has 0 aliphatic carbocycles. The summed E-state index contributed by atoms with van der Waals surface area (Å²) in [6, 6.07) is 7.89. The lowest BCUT2D eigenvalue weighted by Gasteiger charge is -2.27. The van der Waals surface area contributed by atoms with Crippen molar-refractivity contribution in [2.75, 3.05) is 28.6 Å². The highest BCUT2D eigenvalue weighted by atomic mass is 35.5. The number of benzene rings is 2. The van der Waals surface area contributed by atoms with Gasteiger partial charge in [0, 0.05) is 24.3 Å². The summed E-state index contributed by atoms with van der Waals surface area (Å²) in [5.74, 6) is 0.0144. The van der Waals surface area contributed by atoms with Gasteiger partial charge in [0.25, 0.3) is 5.91 Å². The SMILES string of the molecule is C=CNc1cnc(N2CCCCC2)nc1C(N)=Nc1cc(C(=O)Nc2ccc(Cl)c(C(F)(F)F)c2)ccc1C. The molecule has 1 saturated heterocycles. The number of rotatable bonds is 7. The Labute approximate surface area is 228 Å². The molecular weight excluding hydrogens is 531 g/mol. The van der Waals surface area contributed by atoms with Crippen LogP contribution in [0.15, 0.2) is 60.4 Å². The second-order valence-electron chi connectivity index (χ2n) is 8.97. The van der Waals surface area contributed by atoms with Crippen LogP contribution in [0, 0.1) is 6.92 Å². The van der Waals surface area contributed by atoms with Gasteiger partial charge in [0.05, 0.1) is 28.2 Å². The maximum atomic E-state index is 13.2. The van der Waals surface area contributed by atoms with E-state index in [2.05, 4.69) is 37.1 Å².